The maximum absolute atomic E-state index is 2.67. The quantitative estimate of drug-likeness (QED) is 0.535. The largest absolute Gasteiger partial charge is 0.119 e. The third kappa shape index (κ3) is 3.66. The van der Waals surface area contributed by atoms with E-state index in [2.05, 4.69) is 120 Å². The summed E-state index contributed by atoms with van der Waals surface area (Å²) in [6, 6.07) is 23.1. The van der Waals surface area contributed by atoms with E-state index in [1.165, 1.54) is 0 Å². The average molecular weight is 414 g/mol. The van der Waals surface area contributed by atoms with Crippen molar-refractivity contribution in [3.05, 3.63) is 60.7 Å². The molecule has 4 heteroatoms. The molecule has 0 nitrogen and oxygen atoms in total. The molecule has 1 radical (unpaired) electrons. The second-order valence-corrected chi connectivity index (χ2v) is 32.0. The lowest BCUT2D eigenvalue weighted by Crippen LogP contribution is -2.77. The normalized spacial score (nSPS) is 13.9. The van der Waals surface area contributed by atoms with Gasteiger partial charge in [-0.1, -0.05) is 130 Å². The molecule has 0 saturated carbocycles. The first-order valence-electron chi connectivity index (χ1n) is 9.82. The fourth-order valence-corrected chi connectivity index (χ4v) is 47.2. The Morgan fingerprint density at radius 2 is 0.769 bits per heavy atom. The molecule has 2 aromatic rings. The molecule has 0 spiro atoms. The monoisotopic (exact) mass is 413 g/mol. The van der Waals surface area contributed by atoms with Gasteiger partial charge in [0, 0.05) is 24.2 Å². The topological polar surface area (TPSA) is 0 Å². The summed E-state index contributed by atoms with van der Waals surface area (Å²) < 4.78 is 0.556. The lowest BCUT2D eigenvalue weighted by atomic mass is 10.4. The molecule has 0 aromatic heterocycles. The van der Waals surface area contributed by atoms with Crippen LogP contribution in [0.15, 0.2) is 60.7 Å². The number of benzene rings is 2. The number of hydrogen-bond donors (Lipinski definition) is 0. The highest BCUT2D eigenvalue weighted by Crippen LogP contribution is 2.55. The Bertz CT molecular complexity index is 628. The fraction of sp³-hybridized carbons (Fsp3) is 0.455. The Balaban J connectivity index is 2.96. The van der Waals surface area contributed by atoms with Crippen LogP contribution in [0.2, 0.25) is 62.8 Å². The van der Waals surface area contributed by atoms with Crippen LogP contribution in [-0.2, 0) is 0 Å². The van der Waals surface area contributed by atoms with E-state index in [0.29, 0.717) is 3.91 Å². The second kappa shape index (κ2) is 7.38. The summed E-state index contributed by atoms with van der Waals surface area (Å²) in [4.78, 5) is 0. The number of rotatable bonds is 6. The molecule has 141 valence electrons. The van der Waals surface area contributed by atoms with Gasteiger partial charge >= 0.3 is 0 Å². The van der Waals surface area contributed by atoms with Gasteiger partial charge in [-0.25, -0.2) is 0 Å². The van der Waals surface area contributed by atoms with Gasteiger partial charge in [-0.2, -0.15) is 0 Å². The van der Waals surface area contributed by atoms with E-state index >= 15 is 0 Å². The average Bonchev–Trinajstić information content (AvgIpc) is 2.50. The van der Waals surface area contributed by atoms with Crippen molar-refractivity contribution in [1.82, 2.24) is 0 Å². The van der Waals surface area contributed by atoms with Crippen LogP contribution < -0.4 is 10.4 Å². The van der Waals surface area contributed by atoms with Crippen LogP contribution in [0.4, 0.5) is 0 Å². The molecule has 0 aliphatic rings. The summed E-state index contributed by atoms with van der Waals surface area (Å²) in [7, 11) is -5.29. The van der Waals surface area contributed by atoms with Crippen LogP contribution in [0, 0.1) is 0 Å². The minimum atomic E-state index is -1.47. The zero-order valence-electron chi connectivity index (χ0n) is 18.3. The molecule has 0 saturated heterocycles. The van der Waals surface area contributed by atoms with Gasteiger partial charge in [0.05, 0.1) is 0 Å². The van der Waals surface area contributed by atoms with Crippen LogP contribution in [0.3, 0.4) is 0 Å². The van der Waals surface area contributed by atoms with E-state index < -0.39 is 33.0 Å². The maximum atomic E-state index is 2.67. The molecule has 0 N–H and O–H groups in total. The molecule has 0 aliphatic heterocycles. The van der Waals surface area contributed by atoms with Gasteiger partial charge in [0.15, 0.2) is 0 Å². The molecule has 26 heavy (non-hydrogen) atoms. The van der Waals surface area contributed by atoms with E-state index in [0.717, 1.165) is 0 Å². The van der Waals surface area contributed by atoms with Crippen LogP contribution >= 0.6 is 0 Å². The van der Waals surface area contributed by atoms with Crippen molar-refractivity contribution in [2.24, 2.45) is 0 Å². The molecule has 0 unspecified atom stereocenters. The Morgan fingerprint density at radius 3 is 1.00 bits per heavy atom. The van der Waals surface area contributed by atoms with Crippen molar-refractivity contribution in [3.8, 4) is 0 Å². The Hall–Kier alpha value is -0.692. The van der Waals surface area contributed by atoms with E-state index in [1.807, 2.05) is 0 Å². The van der Waals surface area contributed by atoms with Crippen LogP contribution in [0.25, 0.3) is 0 Å². The minimum Gasteiger partial charge on any atom is -0.0697 e. The highest BCUT2D eigenvalue weighted by molar-refractivity contribution is 7.30. The van der Waals surface area contributed by atoms with Crippen LogP contribution in [-0.4, -0.2) is 33.0 Å². The number of hydrogen-bond acceptors (Lipinski definition) is 0. The standard InChI is InChI=1S/C22H37Si4/c1-24(2,3)22(25(4,5)6,26(7,8)9)23(20-16-12-10-13-17-20)21-18-14-11-15-19-21/h10-19H,1-9H3. The predicted molar refractivity (Wildman–Crippen MR) is 131 cm³/mol. The van der Waals surface area contributed by atoms with Crippen molar-refractivity contribution in [3.63, 3.8) is 0 Å². The molecule has 0 fully saturated rings. The van der Waals surface area contributed by atoms with Crippen molar-refractivity contribution in [2.75, 3.05) is 0 Å². The summed E-state index contributed by atoms with van der Waals surface area (Å²) in [5.41, 5.74) is 0. The zero-order chi connectivity index (χ0) is 19.8. The Morgan fingerprint density at radius 1 is 0.500 bits per heavy atom. The minimum absolute atomic E-state index is 0.556. The lowest BCUT2D eigenvalue weighted by Gasteiger charge is -2.62. The lowest BCUT2D eigenvalue weighted by molar-refractivity contribution is 1.22. The van der Waals surface area contributed by atoms with Gasteiger partial charge in [-0.05, 0) is 3.91 Å². The second-order valence-electron chi connectivity index (χ2n) is 10.6. The summed E-state index contributed by atoms with van der Waals surface area (Å²) in [6.07, 6.45) is 0. The van der Waals surface area contributed by atoms with Crippen molar-refractivity contribution < 1.29 is 0 Å². The smallest absolute Gasteiger partial charge is 0.0697 e. The van der Waals surface area contributed by atoms with Gasteiger partial charge in [-0.3, -0.25) is 0 Å². The molecular weight excluding hydrogens is 377 g/mol. The first kappa shape index (κ1) is 21.6. The molecule has 0 aliphatic carbocycles. The maximum Gasteiger partial charge on any atom is 0.119 e. The highest BCUT2D eigenvalue weighted by Gasteiger charge is 2.64. The summed E-state index contributed by atoms with van der Waals surface area (Å²) in [6.45, 7) is 24.0. The zero-order valence-corrected chi connectivity index (χ0v) is 22.3. The van der Waals surface area contributed by atoms with Gasteiger partial charge < -0.3 is 0 Å². The SMILES string of the molecule is C[Si](C)(C)C([Si](c1ccccc1)c1ccccc1)([Si](C)(C)C)[Si](C)(C)C. The summed E-state index contributed by atoms with van der Waals surface area (Å²) in [5.74, 6) is 0. The Labute approximate surface area is 166 Å². The Kier molecular flexibility index (Phi) is 6.13. The van der Waals surface area contributed by atoms with Crippen molar-refractivity contribution in [1.29, 1.82) is 0 Å². The predicted octanol–water partition coefficient (Wildman–Crippen LogP) is 5.67. The first-order chi connectivity index (χ1) is 11.8. The summed E-state index contributed by atoms with van der Waals surface area (Å²) in [5, 5.41) is 3.24. The van der Waals surface area contributed by atoms with Crippen molar-refractivity contribution in [2.45, 2.75) is 62.8 Å². The first-order valence-corrected chi connectivity index (χ1v) is 21.8. The molecule has 2 aromatic carbocycles. The van der Waals surface area contributed by atoms with E-state index in [-0.39, 0.29) is 0 Å². The summed E-state index contributed by atoms with van der Waals surface area (Å²) >= 11 is 0. The van der Waals surface area contributed by atoms with Gasteiger partial charge in [0.25, 0.3) is 0 Å². The fourth-order valence-electron chi connectivity index (χ4n) is 6.31. The third-order valence-corrected chi connectivity index (χ3v) is 37.7. The van der Waals surface area contributed by atoms with Crippen LogP contribution in [0.5, 0.6) is 0 Å². The van der Waals surface area contributed by atoms with Crippen LogP contribution in [0.1, 0.15) is 0 Å². The van der Waals surface area contributed by atoms with Gasteiger partial charge in [0.2, 0.25) is 0 Å². The highest BCUT2D eigenvalue weighted by atomic mass is 28.5. The third-order valence-electron chi connectivity index (χ3n) is 5.87. The molecular formula is C22H37Si4. The van der Waals surface area contributed by atoms with Gasteiger partial charge in [-0.15, -0.1) is 0 Å². The molecule has 0 bridgehead atoms. The van der Waals surface area contributed by atoms with E-state index in [9.17, 15) is 0 Å². The molecule has 2 rings (SSSR count). The molecule has 0 heterocycles. The molecule has 0 atom stereocenters. The van der Waals surface area contributed by atoms with Crippen molar-refractivity contribution >= 4 is 43.4 Å². The van der Waals surface area contributed by atoms with E-state index in [4.69, 9.17) is 0 Å². The molecule has 0 amide bonds. The van der Waals surface area contributed by atoms with Gasteiger partial charge in [0.1, 0.15) is 8.80 Å². The van der Waals surface area contributed by atoms with E-state index in [1.54, 1.807) is 10.4 Å².